The van der Waals surface area contributed by atoms with Crippen LogP contribution in [-0.2, 0) is 0 Å². The Kier molecular flexibility index (Phi) is 4.70. The van der Waals surface area contributed by atoms with E-state index >= 15 is 0 Å². The van der Waals surface area contributed by atoms with Crippen LogP contribution in [0.1, 0.15) is 16.8 Å². The van der Waals surface area contributed by atoms with Gasteiger partial charge in [-0.25, -0.2) is 4.98 Å². The summed E-state index contributed by atoms with van der Waals surface area (Å²) >= 11 is 0. The number of nitrogens with zero attached hydrogens (tertiary/aromatic N) is 3. The monoisotopic (exact) mass is 379 g/mol. The Hall–Kier alpha value is -3.39. The van der Waals surface area contributed by atoms with Crippen LogP contribution in [0.25, 0.3) is 22.5 Å². The second kappa shape index (κ2) is 7.32. The first-order chi connectivity index (χ1) is 13.6. The molecule has 28 heavy (non-hydrogen) atoms. The minimum Gasteiger partial charge on any atom is -0.495 e. The van der Waals surface area contributed by atoms with Crippen LogP contribution in [0, 0.1) is 0 Å². The summed E-state index contributed by atoms with van der Waals surface area (Å²) < 4.78 is 5.67. The molecule has 0 unspecified atom stereocenters. The fourth-order valence-electron chi connectivity index (χ4n) is 3.59. The first kappa shape index (κ1) is 18.0. The molecule has 1 saturated heterocycles. The average molecular weight is 379 g/mol. The number of hydrogen-bond acceptors (Lipinski definition) is 6. The van der Waals surface area contributed by atoms with Crippen molar-refractivity contribution in [2.24, 2.45) is 5.73 Å². The van der Waals surface area contributed by atoms with Gasteiger partial charge in [-0.2, -0.15) is 5.10 Å². The topological polar surface area (TPSA) is 117 Å². The van der Waals surface area contributed by atoms with E-state index in [2.05, 4.69) is 10.2 Å². The Bertz CT molecular complexity index is 989. The van der Waals surface area contributed by atoms with E-state index in [4.69, 9.17) is 15.5 Å². The molecule has 2 aromatic heterocycles. The van der Waals surface area contributed by atoms with Crippen LogP contribution in [-0.4, -0.2) is 52.5 Å². The van der Waals surface area contributed by atoms with Crippen molar-refractivity contribution in [3.63, 3.8) is 0 Å². The molecule has 0 radical (unpaired) electrons. The molecule has 0 aliphatic carbocycles. The largest absolute Gasteiger partial charge is 0.495 e. The van der Waals surface area contributed by atoms with E-state index in [1.165, 1.54) is 7.11 Å². The second-order valence-corrected chi connectivity index (χ2v) is 6.66. The van der Waals surface area contributed by atoms with Gasteiger partial charge in [-0.1, -0.05) is 30.3 Å². The summed E-state index contributed by atoms with van der Waals surface area (Å²) in [7, 11) is 1.50. The molecular formula is C20H21N5O3. The predicted molar refractivity (Wildman–Crippen MR) is 105 cm³/mol. The maximum Gasteiger partial charge on any atom is 0.254 e. The normalized spacial score (nSPS) is 16.4. The van der Waals surface area contributed by atoms with Crippen molar-refractivity contribution in [3.8, 4) is 28.3 Å². The number of methoxy groups -OCH3 is 1. The van der Waals surface area contributed by atoms with Crippen LogP contribution in [0.15, 0.2) is 42.6 Å². The first-order valence-electron chi connectivity index (χ1n) is 9.00. The molecule has 0 saturated carbocycles. The Balaban J connectivity index is 2.05. The molecule has 8 nitrogen and oxygen atoms in total. The highest BCUT2D eigenvalue weighted by molar-refractivity contribution is 6.05. The number of hydrogen-bond donors (Lipinski definition) is 3. The van der Waals surface area contributed by atoms with Crippen LogP contribution in [0.5, 0.6) is 5.75 Å². The molecular weight excluding hydrogens is 358 g/mol. The molecule has 3 aromatic rings. The maximum atomic E-state index is 12.4. The number of nitrogens with two attached hydrogens (primary N) is 1. The molecule has 1 atom stereocenters. The lowest BCUT2D eigenvalue weighted by molar-refractivity contribution is 0.0998. The van der Waals surface area contributed by atoms with Crippen LogP contribution >= 0.6 is 0 Å². The van der Waals surface area contributed by atoms with Crippen molar-refractivity contribution >= 4 is 11.7 Å². The second-order valence-electron chi connectivity index (χ2n) is 6.66. The van der Waals surface area contributed by atoms with Gasteiger partial charge >= 0.3 is 0 Å². The number of nitrogens with one attached hydrogen (secondary N) is 1. The lowest BCUT2D eigenvalue weighted by Crippen LogP contribution is -2.25. The van der Waals surface area contributed by atoms with E-state index in [0.717, 1.165) is 5.56 Å². The quantitative estimate of drug-likeness (QED) is 0.622. The summed E-state index contributed by atoms with van der Waals surface area (Å²) in [6.07, 6.45) is 1.83. The third kappa shape index (κ3) is 3.07. The Morgan fingerprint density at radius 1 is 1.32 bits per heavy atom. The van der Waals surface area contributed by atoms with E-state index in [1.54, 1.807) is 12.3 Å². The molecule has 1 amide bonds. The summed E-state index contributed by atoms with van der Waals surface area (Å²) in [5, 5.41) is 17.0. The molecule has 1 fully saturated rings. The highest BCUT2D eigenvalue weighted by Gasteiger charge is 2.31. The minimum atomic E-state index is -0.628. The van der Waals surface area contributed by atoms with E-state index in [-0.39, 0.29) is 5.56 Å². The molecule has 0 bridgehead atoms. The summed E-state index contributed by atoms with van der Waals surface area (Å²) in [4.78, 5) is 19.2. The molecule has 0 spiro atoms. The summed E-state index contributed by atoms with van der Waals surface area (Å²) in [5.74, 6) is 0.320. The van der Waals surface area contributed by atoms with Gasteiger partial charge < -0.3 is 20.5 Å². The smallest absolute Gasteiger partial charge is 0.254 e. The van der Waals surface area contributed by atoms with Gasteiger partial charge in [-0.05, 0) is 12.5 Å². The maximum absolute atomic E-state index is 12.4. The summed E-state index contributed by atoms with van der Waals surface area (Å²) in [6, 6.07) is 11.1. The van der Waals surface area contributed by atoms with Gasteiger partial charge in [0, 0.05) is 24.8 Å². The Morgan fingerprint density at radius 3 is 2.68 bits per heavy atom. The zero-order valence-corrected chi connectivity index (χ0v) is 15.4. The van der Waals surface area contributed by atoms with Crippen molar-refractivity contribution in [2.75, 3.05) is 25.1 Å². The fraction of sp³-hybridized carbons (Fsp3) is 0.250. The minimum absolute atomic E-state index is 0.210. The third-order valence-corrected chi connectivity index (χ3v) is 4.86. The van der Waals surface area contributed by atoms with Crippen LogP contribution in [0.2, 0.25) is 0 Å². The zero-order valence-electron chi connectivity index (χ0n) is 15.4. The number of ether oxygens (including phenoxy) is 1. The molecule has 1 aliphatic heterocycles. The number of aliphatic hydroxyl groups excluding tert-OH is 1. The van der Waals surface area contributed by atoms with Crippen molar-refractivity contribution in [2.45, 2.75) is 12.5 Å². The van der Waals surface area contributed by atoms with Gasteiger partial charge in [0.15, 0.2) is 0 Å². The number of aliphatic hydroxyl groups is 1. The fourth-order valence-corrected chi connectivity index (χ4v) is 3.59. The number of aromatic nitrogens is 3. The van der Waals surface area contributed by atoms with Gasteiger partial charge in [0.1, 0.15) is 17.1 Å². The summed E-state index contributed by atoms with van der Waals surface area (Å²) in [5.41, 5.74) is 8.41. The number of primary amides is 1. The van der Waals surface area contributed by atoms with E-state index in [9.17, 15) is 9.90 Å². The summed E-state index contributed by atoms with van der Waals surface area (Å²) in [6.45, 7) is 1.09. The van der Waals surface area contributed by atoms with Gasteiger partial charge in [-0.3, -0.25) is 9.89 Å². The number of pyridine rings is 1. The van der Waals surface area contributed by atoms with E-state index < -0.39 is 12.0 Å². The van der Waals surface area contributed by atoms with Crippen molar-refractivity contribution in [1.29, 1.82) is 0 Å². The highest BCUT2D eigenvalue weighted by Crippen LogP contribution is 2.43. The molecule has 1 aromatic carbocycles. The standard InChI is InChI=1S/C20H21N5O3/c1-28-18-15(14-7-9-22-24-14)20(25-10-8-13(26)11-25)23-17(16(18)19(21)27)12-5-3-2-4-6-12/h2-7,9,13,26H,8,10-11H2,1H3,(H2,21,27)(H,22,24)/t13-/m1/s1. The zero-order chi connectivity index (χ0) is 19.7. The number of H-pyrrole nitrogens is 1. The number of aromatic amines is 1. The Labute approximate surface area is 162 Å². The molecule has 8 heteroatoms. The van der Waals surface area contributed by atoms with Gasteiger partial charge in [0.2, 0.25) is 0 Å². The van der Waals surface area contributed by atoms with Crippen molar-refractivity contribution in [3.05, 3.63) is 48.2 Å². The molecule has 4 N–H and O–H groups in total. The van der Waals surface area contributed by atoms with Crippen LogP contribution in [0.4, 0.5) is 5.82 Å². The van der Waals surface area contributed by atoms with Gasteiger partial charge in [-0.15, -0.1) is 0 Å². The van der Waals surface area contributed by atoms with Crippen LogP contribution < -0.4 is 15.4 Å². The van der Waals surface area contributed by atoms with Crippen LogP contribution in [0.3, 0.4) is 0 Å². The highest BCUT2D eigenvalue weighted by atomic mass is 16.5. The number of anilines is 1. The number of carbonyl (C=O) groups excluding carboxylic acids is 1. The van der Waals surface area contributed by atoms with Gasteiger partial charge in [0.05, 0.1) is 30.2 Å². The van der Waals surface area contributed by atoms with Crippen molar-refractivity contribution in [1.82, 2.24) is 15.2 Å². The van der Waals surface area contributed by atoms with E-state index in [0.29, 0.717) is 48.0 Å². The lowest BCUT2D eigenvalue weighted by Gasteiger charge is -2.24. The third-order valence-electron chi connectivity index (χ3n) is 4.86. The Morgan fingerprint density at radius 2 is 2.11 bits per heavy atom. The lowest BCUT2D eigenvalue weighted by atomic mass is 9.99. The van der Waals surface area contributed by atoms with Gasteiger partial charge in [0.25, 0.3) is 5.91 Å². The first-order valence-corrected chi connectivity index (χ1v) is 9.00. The van der Waals surface area contributed by atoms with E-state index in [1.807, 2.05) is 35.2 Å². The molecule has 4 rings (SSSR count). The average Bonchev–Trinajstić information content (AvgIpc) is 3.38. The number of rotatable bonds is 5. The molecule has 1 aliphatic rings. The van der Waals surface area contributed by atoms with Crippen molar-refractivity contribution < 1.29 is 14.6 Å². The number of benzene rings is 1. The number of carbonyl (C=O) groups is 1. The number of β-amino-alcohol motifs (C(OH)–C–C–N with tert-alkyl or cyclic N) is 1. The SMILES string of the molecule is COc1c(C(N)=O)c(-c2ccccc2)nc(N2CC[C@@H](O)C2)c1-c1ccn[nH]1. The predicted octanol–water partition coefficient (Wildman–Crippen LogP) is 1.82. The molecule has 144 valence electrons. The molecule has 3 heterocycles. The number of amides is 1.